The summed E-state index contributed by atoms with van der Waals surface area (Å²) in [6.07, 6.45) is 0. The molecule has 5 heteroatoms. The lowest BCUT2D eigenvalue weighted by Crippen LogP contribution is -3.00. The number of hydrogen-bond donors (Lipinski definition) is 0. The highest BCUT2D eigenvalue weighted by molar-refractivity contribution is 7.91. The van der Waals surface area contributed by atoms with Crippen molar-refractivity contribution in [2.24, 2.45) is 0 Å². The Labute approximate surface area is 78.7 Å². The summed E-state index contributed by atoms with van der Waals surface area (Å²) >= 11 is 0. The van der Waals surface area contributed by atoms with Crippen LogP contribution in [-0.2, 0) is 9.84 Å². The quantitative estimate of drug-likeness (QED) is 0.414. The van der Waals surface area contributed by atoms with Crippen molar-refractivity contribution in [3.05, 3.63) is 0 Å². The first-order chi connectivity index (χ1) is 4.41. The Morgan fingerprint density at radius 1 is 1.09 bits per heavy atom. The van der Waals surface area contributed by atoms with E-state index in [4.69, 9.17) is 0 Å². The molecule has 0 radical (unpaired) electrons. The van der Waals surface area contributed by atoms with Crippen LogP contribution < -0.4 is 17.0 Å². The van der Waals surface area contributed by atoms with Gasteiger partial charge in [-0.15, -0.1) is 0 Å². The van der Waals surface area contributed by atoms with Gasteiger partial charge < -0.3 is 21.5 Å². The average Bonchev–Trinajstić information content (AvgIpc) is 1.79. The second-order valence-corrected chi connectivity index (χ2v) is 5.84. The molecule has 1 aliphatic heterocycles. The van der Waals surface area contributed by atoms with Gasteiger partial charge in [0, 0.05) is 0 Å². The molecule has 1 fully saturated rings. The van der Waals surface area contributed by atoms with Gasteiger partial charge in [-0.05, 0) is 0 Å². The van der Waals surface area contributed by atoms with E-state index in [1.165, 1.54) is 0 Å². The zero-order chi connectivity index (χ0) is 7.83. The molecule has 0 aromatic rings. The fraction of sp³-hybridized carbons (Fsp3) is 1.00. The number of quaternary nitrogens is 1. The monoisotopic (exact) mass is 243 g/mol. The minimum absolute atomic E-state index is 0. The molecule has 0 bridgehead atoms. The molecule has 0 aromatic heterocycles. The molecule has 0 aromatic carbocycles. The second kappa shape index (κ2) is 3.41. The van der Waals surface area contributed by atoms with E-state index in [-0.39, 0.29) is 17.0 Å². The lowest BCUT2D eigenvalue weighted by molar-refractivity contribution is -0.886. The Bertz CT molecular complexity index is 207. The zero-order valence-corrected chi connectivity index (χ0v) is 9.28. The summed E-state index contributed by atoms with van der Waals surface area (Å²) in [6, 6.07) is 0. The Morgan fingerprint density at radius 2 is 1.45 bits per heavy atom. The van der Waals surface area contributed by atoms with Gasteiger partial charge in [0.2, 0.25) is 0 Å². The van der Waals surface area contributed by atoms with Crippen LogP contribution >= 0.6 is 0 Å². The molecule has 0 N–H and O–H groups in total. The average molecular weight is 244 g/mol. The minimum atomic E-state index is -2.67. The lowest BCUT2D eigenvalue weighted by Gasteiger charge is -2.32. The van der Waals surface area contributed by atoms with Crippen LogP contribution in [0.3, 0.4) is 0 Å². The van der Waals surface area contributed by atoms with Crippen LogP contribution in [0, 0.1) is 0 Å². The fourth-order valence-electron chi connectivity index (χ4n) is 0.986. The van der Waals surface area contributed by atoms with Gasteiger partial charge in [-0.1, -0.05) is 0 Å². The van der Waals surface area contributed by atoms with Gasteiger partial charge in [0.15, 0.2) is 9.84 Å². The van der Waals surface area contributed by atoms with Crippen LogP contribution in [0.4, 0.5) is 0 Å². The van der Waals surface area contributed by atoms with Crippen molar-refractivity contribution < 1.29 is 29.9 Å². The normalized spacial score (nSPS) is 27.1. The van der Waals surface area contributed by atoms with Crippen molar-refractivity contribution in [1.82, 2.24) is 0 Å². The molecule has 0 spiro atoms. The van der Waals surface area contributed by atoms with Crippen molar-refractivity contribution in [3.63, 3.8) is 0 Å². The van der Waals surface area contributed by atoms with Gasteiger partial charge in [0.1, 0.15) is 0 Å². The van der Waals surface area contributed by atoms with E-state index >= 15 is 0 Å². The maximum absolute atomic E-state index is 10.9. The highest BCUT2D eigenvalue weighted by Gasteiger charge is 2.28. The molecule has 3 nitrogen and oxygen atoms in total. The summed E-state index contributed by atoms with van der Waals surface area (Å²) in [4.78, 5) is 0. The first-order valence-corrected chi connectivity index (χ1v) is 5.26. The Hall–Kier alpha value is 0.390. The molecule has 0 aliphatic carbocycles. The van der Waals surface area contributed by atoms with Gasteiger partial charge in [0.25, 0.3) is 0 Å². The van der Waals surface area contributed by atoms with Gasteiger partial charge in [-0.3, -0.25) is 0 Å². The molecule has 11 heavy (non-hydrogen) atoms. The number of rotatable bonds is 0. The molecular weight excluding hydrogens is 230 g/mol. The topological polar surface area (TPSA) is 34.1 Å². The van der Waals surface area contributed by atoms with Crippen molar-refractivity contribution in [2.75, 3.05) is 38.7 Å². The van der Waals surface area contributed by atoms with Crippen LogP contribution in [0.2, 0.25) is 0 Å². The molecule has 0 saturated carbocycles. The zero-order valence-electron chi connectivity index (χ0n) is 6.88. The first-order valence-electron chi connectivity index (χ1n) is 3.44. The molecule has 68 valence electrons. The predicted octanol–water partition coefficient (Wildman–Crippen LogP) is -3.50. The van der Waals surface area contributed by atoms with Crippen LogP contribution in [0.5, 0.6) is 0 Å². The largest absolute Gasteiger partial charge is 1.00 e. The maximum Gasteiger partial charge on any atom is 0.161 e. The lowest BCUT2D eigenvalue weighted by atomic mass is 10.5. The van der Waals surface area contributed by atoms with Crippen LogP contribution in [0.25, 0.3) is 0 Å². The Morgan fingerprint density at radius 3 is 1.73 bits per heavy atom. The van der Waals surface area contributed by atoms with E-state index in [2.05, 4.69) is 14.1 Å². The summed E-state index contributed by atoms with van der Waals surface area (Å²) in [6.45, 7) is 1.53. The molecule has 0 amide bonds. The van der Waals surface area contributed by atoms with Gasteiger partial charge >= 0.3 is 0 Å². The smallest absolute Gasteiger partial charge is 0.161 e. The summed E-state index contributed by atoms with van der Waals surface area (Å²) < 4.78 is 22.7. The van der Waals surface area contributed by atoms with Crippen LogP contribution in [-0.4, -0.2) is 51.6 Å². The van der Waals surface area contributed by atoms with Crippen molar-refractivity contribution in [3.8, 4) is 0 Å². The van der Waals surface area contributed by atoms with E-state index in [0.29, 0.717) is 11.5 Å². The summed E-state index contributed by atoms with van der Waals surface area (Å²) in [7, 11) is 1.46. The maximum atomic E-state index is 10.9. The Balaban J connectivity index is 0.000001000. The molecule has 1 saturated heterocycles. The van der Waals surface area contributed by atoms with Crippen LogP contribution in [0.15, 0.2) is 0 Å². The van der Waals surface area contributed by atoms with Gasteiger partial charge in [-0.25, -0.2) is 8.42 Å². The van der Waals surface area contributed by atoms with Crippen molar-refractivity contribution >= 4 is 9.84 Å². The van der Waals surface area contributed by atoms with Crippen molar-refractivity contribution in [2.45, 2.75) is 0 Å². The van der Waals surface area contributed by atoms with Crippen LogP contribution in [0.1, 0.15) is 0 Å². The van der Waals surface area contributed by atoms with E-state index in [1.807, 2.05) is 0 Å². The summed E-state index contributed by atoms with van der Waals surface area (Å²) in [5, 5.41) is 0. The van der Waals surface area contributed by atoms with E-state index in [9.17, 15) is 8.42 Å². The van der Waals surface area contributed by atoms with Crippen molar-refractivity contribution in [1.29, 1.82) is 0 Å². The fourth-order valence-corrected chi connectivity index (χ4v) is 2.74. The van der Waals surface area contributed by atoms with E-state index in [0.717, 1.165) is 17.6 Å². The summed E-state index contributed by atoms with van der Waals surface area (Å²) in [5.74, 6) is 0.722. The standard InChI is InChI=1S/C6H14NO2S.BrH/c1-7(2)3-5-10(8,9)6-4-7;/h3-6H2,1-2H3;1H/q+1;/p-1. The van der Waals surface area contributed by atoms with Gasteiger partial charge in [0.05, 0.1) is 38.7 Å². The highest BCUT2D eigenvalue weighted by atomic mass is 79.9. The third-order valence-electron chi connectivity index (χ3n) is 2.02. The Kier molecular flexibility index (Phi) is 3.53. The number of nitrogens with zero attached hydrogens (tertiary/aromatic N) is 1. The number of sulfone groups is 1. The summed E-state index contributed by atoms with van der Waals surface area (Å²) in [5.41, 5.74) is 0. The number of halogens is 1. The SMILES string of the molecule is C[N+]1(C)CCS(=O)(=O)CC1.[Br-]. The van der Waals surface area contributed by atoms with E-state index < -0.39 is 9.84 Å². The third-order valence-corrected chi connectivity index (χ3v) is 3.62. The van der Waals surface area contributed by atoms with E-state index in [1.54, 1.807) is 0 Å². The first kappa shape index (κ1) is 11.4. The minimum Gasteiger partial charge on any atom is -1.00 e. The highest BCUT2D eigenvalue weighted by Crippen LogP contribution is 2.07. The molecule has 0 atom stereocenters. The number of hydrogen-bond acceptors (Lipinski definition) is 2. The predicted molar refractivity (Wildman–Crippen MR) is 40.5 cm³/mol. The van der Waals surface area contributed by atoms with Gasteiger partial charge in [-0.2, -0.15) is 0 Å². The third kappa shape index (κ3) is 3.53. The molecule has 0 unspecified atom stereocenters. The molecule has 1 heterocycles. The molecular formula is C6H14BrNO2S. The second-order valence-electron chi connectivity index (χ2n) is 3.53. The molecule has 1 aliphatic rings. The molecule has 1 rings (SSSR count).